The Kier molecular flexibility index (Phi) is 3.65. The molecule has 0 saturated heterocycles. The molecule has 0 heterocycles. The fourth-order valence-corrected chi connectivity index (χ4v) is 1.49. The smallest absolute Gasteiger partial charge is 0.142 e. The average molecular weight is 222 g/mol. The van der Waals surface area contributed by atoms with Crippen molar-refractivity contribution >= 4 is 17.2 Å². The molecule has 0 aliphatic heterocycles. The van der Waals surface area contributed by atoms with E-state index in [-0.39, 0.29) is 10.6 Å². The molecule has 76 valence electrons. The summed E-state index contributed by atoms with van der Waals surface area (Å²) in [7, 11) is 0. The van der Waals surface area contributed by atoms with Crippen molar-refractivity contribution in [1.82, 2.24) is 0 Å². The van der Waals surface area contributed by atoms with Crippen LogP contribution in [0.15, 0.2) is 36.4 Å². The molecule has 0 saturated carbocycles. The summed E-state index contributed by atoms with van der Waals surface area (Å²) in [4.78, 5) is 0. The summed E-state index contributed by atoms with van der Waals surface area (Å²) in [6.07, 6.45) is 1.69. The Morgan fingerprint density at radius 3 is 2.80 bits per heavy atom. The fraction of sp³-hybridized carbons (Fsp3) is 0.0833. The van der Waals surface area contributed by atoms with E-state index in [9.17, 15) is 4.39 Å². The molecule has 0 radical (unpaired) electrons. The number of hydrogen-bond acceptors (Lipinski definition) is 1. The van der Waals surface area contributed by atoms with Crippen LogP contribution in [-0.2, 0) is 0 Å². The van der Waals surface area contributed by atoms with Crippen LogP contribution in [0.2, 0.25) is 5.02 Å². The lowest BCUT2D eigenvalue weighted by Gasteiger charge is -2.07. The third kappa shape index (κ3) is 2.26. The van der Waals surface area contributed by atoms with Crippen LogP contribution in [-0.4, -0.2) is 0 Å². The Balaban J connectivity index is 3.34. The number of allylic oxidation sites excluding steroid dienone is 3. The molecule has 3 heteroatoms. The van der Waals surface area contributed by atoms with E-state index in [2.05, 4.69) is 6.58 Å². The number of hydrogen-bond donors (Lipinski definition) is 0. The minimum absolute atomic E-state index is 0.0157. The predicted octanol–water partition coefficient (Wildman–Crippen LogP) is 3.96. The maximum Gasteiger partial charge on any atom is 0.142 e. The second kappa shape index (κ2) is 4.77. The van der Waals surface area contributed by atoms with E-state index in [0.717, 1.165) is 0 Å². The molecular weight excluding hydrogens is 213 g/mol. The number of nitrogens with zero attached hydrogens (tertiary/aromatic N) is 1. The van der Waals surface area contributed by atoms with Crippen molar-refractivity contribution in [2.75, 3.05) is 0 Å². The van der Waals surface area contributed by atoms with Gasteiger partial charge in [-0.15, -0.1) is 0 Å². The quantitative estimate of drug-likeness (QED) is 0.548. The highest BCUT2D eigenvalue weighted by Gasteiger charge is 2.11. The van der Waals surface area contributed by atoms with Crippen LogP contribution < -0.4 is 0 Å². The van der Waals surface area contributed by atoms with Crippen molar-refractivity contribution < 1.29 is 4.39 Å². The third-order valence-electron chi connectivity index (χ3n) is 1.99. The van der Waals surface area contributed by atoms with Crippen LogP contribution >= 0.6 is 11.6 Å². The molecule has 0 amide bonds. The van der Waals surface area contributed by atoms with Crippen LogP contribution in [0.25, 0.3) is 5.57 Å². The summed E-state index contributed by atoms with van der Waals surface area (Å²) < 4.78 is 13.2. The summed E-state index contributed by atoms with van der Waals surface area (Å²) >= 11 is 5.80. The van der Waals surface area contributed by atoms with E-state index in [0.29, 0.717) is 11.1 Å². The predicted molar refractivity (Wildman–Crippen MR) is 59.8 cm³/mol. The van der Waals surface area contributed by atoms with Gasteiger partial charge in [0.25, 0.3) is 0 Å². The Morgan fingerprint density at radius 2 is 2.27 bits per heavy atom. The van der Waals surface area contributed by atoms with E-state index in [4.69, 9.17) is 16.9 Å². The van der Waals surface area contributed by atoms with Gasteiger partial charge in [0.1, 0.15) is 5.82 Å². The molecule has 0 unspecified atom stereocenters. The van der Waals surface area contributed by atoms with E-state index < -0.39 is 5.82 Å². The van der Waals surface area contributed by atoms with Crippen molar-refractivity contribution in [1.29, 1.82) is 5.26 Å². The van der Waals surface area contributed by atoms with Crippen molar-refractivity contribution in [2.24, 2.45) is 0 Å². The van der Waals surface area contributed by atoms with Crippen LogP contribution in [0.5, 0.6) is 0 Å². The van der Waals surface area contributed by atoms with Gasteiger partial charge in [0, 0.05) is 5.56 Å². The molecule has 0 bridgehead atoms. The molecule has 0 aliphatic rings. The van der Waals surface area contributed by atoms with E-state index in [1.54, 1.807) is 25.1 Å². The minimum Gasteiger partial charge on any atom is -0.205 e. The SMILES string of the molecule is C=C(C#N)/C(=C\C)c1cccc(F)c1Cl. The monoisotopic (exact) mass is 221 g/mol. The Bertz CT molecular complexity index is 469. The zero-order valence-electron chi connectivity index (χ0n) is 8.22. The summed E-state index contributed by atoms with van der Waals surface area (Å²) in [6, 6.07) is 6.39. The van der Waals surface area contributed by atoms with Crippen molar-refractivity contribution in [3.63, 3.8) is 0 Å². The molecule has 15 heavy (non-hydrogen) atoms. The van der Waals surface area contributed by atoms with Gasteiger partial charge < -0.3 is 0 Å². The first kappa shape index (κ1) is 11.5. The van der Waals surface area contributed by atoms with Gasteiger partial charge in [-0.1, -0.05) is 36.4 Å². The molecule has 0 fully saturated rings. The highest BCUT2D eigenvalue weighted by Crippen LogP contribution is 2.29. The highest BCUT2D eigenvalue weighted by atomic mass is 35.5. The lowest BCUT2D eigenvalue weighted by molar-refractivity contribution is 0.628. The van der Waals surface area contributed by atoms with Crippen LogP contribution in [0.1, 0.15) is 12.5 Å². The molecule has 0 aliphatic carbocycles. The molecule has 0 N–H and O–H groups in total. The molecule has 0 aromatic heterocycles. The van der Waals surface area contributed by atoms with E-state index in [1.807, 2.05) is 6.07 Å². The third-order valence-corrected chi connectivity index (χ3v) is 2.37. The number of rotatable bonds is 2. The summed E-state index contributed by atoms with van der Waals surface area (Å²) in [5.41, 5.74) is 1.32. The lowest BCUT2D eigenvalue weighted by atomic mass is 9.99. The fourth-order valence-electron chi connectivity index (χ4n) is 1.26. The zero-order chi connectivity index (χ0) is 11.4. The zero-order valence-corrected chi connectivity index (χ0v) is 8.98. The van der Waals surface area contributed by atoms with Gasteiger partial charge in [-0.2, -0.15) is 5.26 Å². The van der Waals surface area contributed by atoms with Crippen molar-refractivity contribution in [3.8, 4) is 6.07 Å². The second-order valence-corrected chi connectivity index (χ2v) is 3.27. The van der Waals surface area contributed by atoms with Gasteiger partial charge in [-0.25, -0.2) is 4.39 Å². The van der Waals surface area contributed by atoms with Gasteiger partial charge in [0.2, 0.25) is 0 Å². The Morgan fingerprint density at radius 1 is 1.60 bits per heavy atom. The highest BCUT2D eigenvalue weighted by molar-refractivity contribution is 6.32. The maximum absolute atomic E-state index is 13.2. The molecular formula is C12H9ClFN. The number of halogens is 2. The van der Waals surface area contributed by atoms with E-state index >= 15 is 0 Å². The van der Waals surface area contributed by atoms with Gasteiger partial charge >= 0.3 is 0 Å². The topological polar surface area (TPSA) is 23.8 Å². The van der Waals surface area contributed by atoms with Crippen LogP contribution in [0.3, 0.4) is 0 Å². The van der Waals surface area contributed by atoms with Crippen LogP contribution in [0, 0.1) is 17.1 Å². The molecule has 1 rings (SSSR count). The average Bonchev–Trinajstić information content (AvgIpc) is 2.24. The van der Waals surface area contributed by atoms with E-state index in [1.165, 1.54) is 6.07 Å². The van der Waals surface area contributed by atoms with Crippen LogP contribution in [0.4, 0.5) is 4.39 Å². The maximum atomic E-state index is 13.2. The second-order valence-electron chi connectivity index (χ2n) is 2.89. The Hall–Kier alpha value is -1.59. The van der Waals surface area contributed by atoms with Gasteiger partial charge in [-0.3, -0.25) is 0 Å². The summed E-state index contributed by atoms with van der Waals surface area (Å²) in [5.74, 6) is -0.501. The van der Waals surface area contributed by atoms with Gasteiger partial charge in [0.05, 0.1) is 16.7 Å². The summed E-state index contributed by atoms with van der Waals surface area (Å²) in [6.45, 7) is 5.33. The first-order valence-corrected chi connectivity index (χ1v) is 4.69. The molecule has 1 nitrogen and oxygen atoms in total. The van der Waals surface area contributed by atoms with Gasteiger partial charge in [0.15, 0.2) is 0 Å². The molecule has 0 atom stereocenters. The standard InChI is InChI=1S/C12H9ClFN/c1-3-9(8(2)7-15)10-5-4-6-11(14)12(10)13/h3-6H,2H2,1H3/b9-3+. The van der Waals surface area contributed by atoms with Crippen molar-refractivity contribution in [2.45, 2.75) is 6.92 Å². The number of nitriles is 1. The first-order chi connectivity index (χ1) is 7.11. The first-order valence-electron chi connectivity index (χ1n) is 4.32. The Labute approximate surface area is 93.1 Å². The summed E-state index contributed by atoms with van der Waals surface area (Å²) in [5, 5.41) is 8.75. The van der Waals surface area contributed by atoms with Crippen molar-refractivity contribution in [3.05, 3.63) is 52.8 Å². The minimum atomic E-state index is -0.501. The molecule has 0 spiro atoms. The molecule has 1 aromatic carbocycles. The number of benzene rings is 1. The largest absolute Gasteiger partial charge is 0.205 e. The lowest BCUT2D eigenvalue weighted by Crippen LogP contribution is -1.90. The van der Waals surface area contributed by atoms with Gasteiger partial charge in [-0.05, 0) is 18.6 Å². The normalized spacial score (nSPS) is 10.9. The molecule has 1 aromatic rings.